The Balaban J connectivity index is 2.03. The van der Waals surface area contributed by atoms with Crippen LogP contribution in [0.2, 0.25) is 0 Å². The maximum atomic E-state index is 6.10. The maximum absolute atomic E-state index is 6.10. The number of hydrogen-bond acceptors (Lipinski definition) is 1. The quantitative estimate of drug-likeness (QED) is 0.798. The Morgan fingerprint density at radius 2 is 1.87 bits per heavy atom. The van der Waals surface area contributed by atoms with Crippen LogP contribution in [0.3, 0.4) is 0 Å². The van der Waals surface area contributed by atoms with Crippen molar-refractivity contribution in [2.45, 2.75) is 51.0 Å². The van der Waals surface area contributed by atoms with E-state index in [4.69, 9.17) is 5.73 Å². The van der Waals surface area contributed by atoms with Crippen LogP contribution in [0.25, 0.3) is 0 Å². The van der Waals surface area contributed by atoms with Crippen LogP contribution in [0.15, 0.2) is 24.3 Å². The first kappa shape index (κ1) is 10.7. The smallest absolute Gasteiger partial charge is 0.0196 e. The van der Waals surface area contributed by atoms with E-state index >= 15 is 0 Å². The van der Waals surface area contributed by atoms with Gasteiger partial charge in [0.25, 0.3) is 0 Å². The van der Waals surface area contributed by atoms with Gasteiger partial charge in [0.2, 0.25) is 0 Å². The number of nitrogens with two attached hydrogens (primary N) is 1. The van der Waals surface area contributed by atoms with E-state index in [1.807, 2.05) is 0 Å². The summed E-state index contributed by atoms with van der Waals surface area (Å²) in [7, 11) is 0. The topological polar surface area (TPSA) is 26.0 Å². The lowest BCUT2D eigenvalue weighted by molar-refractivity contribution is 0.671. The third-order valence-electron chi connectivity index (χ3n) is 3.61. The van der Waals surface area contributed by atoms with Gasteiger partial charge in [0.05, 0.1) is 0 Å². The van der Waals surface area contributed by atoms with Crippen molar-refractivity contribution in [3.8, 4) is 0 Å². The summed E-state index contributed by atoms with van der Waals surface area (Å²) >= 11 is 0. The number of benzene rings is 1. The van der Waals surface area contributed by atoms with Gasteiger partial charge in [-0.3, -0.25) is 0 Å². The van der Waals surface area contributed by atoms with E-state index in [1.165, 1.54) is 30.4 Å². The third kappa shape index (κ3) is 2.60. The van der Waals surface area contributed by atoms with Crippen molar-refractivity contribution in [1.29, 1.82) is 0 Å². The largest absolute Gasteiger partial charge is 0.325 e. The molecule has 1 aliphatic carbocycles. The van der Waals surface area contributed by atoms with E-state index in [9.17, 15) is 0 Å². The molecule has 2 N–H and O–H groups in total. The average Bonchev–Trinajstić information content (AvgIpc) is 2.96. The highest BCUT2D eigenvalue weighted by molar-refractivity contribution is 5.27. The van der Waals surface area contributed by atoms with Crippen molar-refractivity contribution in [1.82, 2.24) is 0 Å². The zero-order chi connectivity index (χ0) is 10.9. The molecule has 1 fully saturated rings. The SMILES string of the molecule is CCC(C)c1ccc(CC2(N)CC2)cc1. The highest BCUT2D eigenvalue weighted by atomic mass is 14.8. The molecule has 1 saturated carbocycles. The predicted octanol–water partition coefficient (Wildman–Crippen LogP) is 3.23. The first-order valence-electron chi connectivity index (χ1n) is 6.01. The molecule has 82 valence electrons. The fourth-order valence-electron chi connectivity index (χ4n) is 1.94. The molecule has 1 unspecified atom stereocenters. The lowest BCUT2D eigenvalue weighted by Crippen LogP contribution is -2.24. The minimum Gasteiger partial charge on any atom is -0.325 e. The van der Waals surface area contributed by atoms with Gasteiger partial charge in [-0.2, -0.15) is 0 Å². The van der Waals surface area contributed by atoms with Gasteiger partial charge in [-0.15, -0.1) is 0 Å². The summed E-state index contributed by atoms with van der Waals surface area (Å²) in [5, 5.41) is 0. The van der Waals surface area contributed by atoms with E-state index in [0.29, 0.717) is 5.92 Å². The fraction of sp³-hybridized carbons (Fsp3) is 0.571. The summed E-state index contributed by atoms with van der Waals surface area (Å²) in [4.78, 5) is 0. The average molecular weight is 203 g/mol. The van der Waals surface area contributed by atoms with Crippen LogP contribution in [-0.4, -0.2) is 5.54 Å². The van der Waals surface area contributed by atoms with Gasteiger partial charge in [-0.05, 0) is 42.7 Å². The van der Waals surface area contributed by atoms with Gasteiger partial charge in [-0.1, -0.05) is 38.1 Å². The van der Waals surface area contributed by atoms with Crippen molar-refractivity contribution >= 4 is 0 Å². The van der Waals surface area contributed by atoms with Gasteiger partial charge in [0.1, 0.15) is 0 Å². The van der Waals surface area contributed by atoms with Crippen molar-refractivity contribution in [3.05, 3.63) is 35.4 Å². The van der Waals surface area contributed by atoms with Crippen LogP contribution < -0.4 is 5.73 Å². The van der Waals surface area contributed by atoms with Crippen molar-refractivity contribution in [2.24, 2.45) is 5.73 Å². The third-order valence-corrected chi connectivity index (χ3v) is 3.61. The summed E-state index contributed by atoms with van der Waals surface area (Å²) in [6, 6.07) is 9.01. The monoisotopic (exact) mass is 203 g/mol. The molecule has 0 saturated heterocycles. The Kier molecular flexibility index (Phi) is 2.83. The molecule has 1 nitrogen and oxygen atoms in total. The van der Waals surface area contributed by atoms with Gasteiger partial charge in [0, 0.05) is 5.54 Å². The molecule has 1 atom stereocenters. The van der Waals surface area contributed by atoms with E-state index in [1.54, 1.807) is 0 Å². The number of rotatable bonds is 4. The molecule has 0 bridgehead atoms. The van der Waals surface area contributed by atoms with Gasteiger partial charge < -0.3 is 5.73 Å². The van der Waals surface area contributed by atoms with Crippen molar-refractivity contribution in [2.75, 3.05) is 0 Å². The molecule has 1 aromatic carbocycles. The maximum Gasteiger partial charge on any atom is 0.0196 e. The van der Waals surface area contributed by atoms with E-state index in [-0.39, 0.29) is 5.54 Å². The van der Waals surface area contributed by atoms with Crippen LogP contribution in [0.1, 0.15) is 50.2 Å². The van der Waals surface area contributed by atoms with Gasteiger partial charge in [0.15, 0.2) is 0 Å². The highest BCUT2D eigenvalue weighted by Crippen LogP contribution is 2.35. The second-order valence-corrected chi connectivity index (χ2v) is 5.09. The summed E-state index contributed by atoms with van der Waals surface area (Å²) in [5.41, 5.74) is 9.08. The van der Waals surface area contributed by atoms with E-state index in [0.717, 1.165) is 6.42 Å². The molecule has 0 heterocycles. The minimum absolute atomic E-state index is 0.137. The summed E-state index contributed by atoms with van der Waals surface area (Å²) in [6.07, 6.45) is 4.65. The summed E-state index contributed by atoms with van der Waals surface area (Å²) in [6.45, 7) is 4.51. The lowest BCUT2D eigenvalue weighted by Gasteiger charge is -2.12. The second kappa shape index (κ2) is 3.97. The summed E-state index contributed by atoms with van der Waals surface area (Å²) in [5.74, 6) is 0.673. The van der Waals surface area contributed by atoms with Crippen molar-refractivity contribution in [3.63, 3.8) is 0 Å². The molecular formula is C14H21N. The molecule has 0 aliphatic heterocycles. The highest BCUT2D eigenvalue weighted by Gasteiger charge is 2.37. The van der Waals surface area contributed by atoms with Crippen LogP contribution in [0, 0.1) is 0 Å². The lowest BCUT2D eigenvalue weighted by atomic mass is 9.96. The van der Waals surface area contributed by atoms with Gasteiger partial charge >= 0.3 is 0 Å². The molecular weight excluding hydrogens is 182 g/mol. The molecule has 0 amide bonds. The Labute approximate surface area is 92.7 Å². The molecule has 1 heteroatoms. The van der Waals surface area contributed by atoms with Gasteiger partial charge in [-0.25, -0.2) is 0 Å². The van der Waals surface area contributed by atoms with Crippen LogP contribution in [0.4, 0.5) is 0 Å². The van der Waals surface area contributed by atoms with Crippen LogP contribution in [-0.2, 0) is 6.42 Å². The molecule has 1 aromatic rings. The first-order valence-corrected chi connectivity index (χ1v) is 6.01. The summed E-state index contributed by atoms with van der Waals surface area (Å²) < 4.78 is 0. The molecule has 2 rings (SSSR count). The molecule has 0 spiro atoms. The molecule has 0 radical (unpaired) electrons. The Morgan fingerprint density at radius 1 is 1.27 bits per heavy atom. The fourth-order valence-corrected chi connectivity index (χ4v) is 1.94. The second-order valence-electron chi connectivity index (χ2n) is 5.09. The zero-order valence-electron chi connectivity index (χ0n) is 9.79. The zero-order valence-corrected chi connectivity index (χ0v) is 9.79. The molecule has 15 heavy (non-hydrogen) atoms. The Morgan fingerprint density at radius 3 is 2.33 bits per heavy atom. The van der Waals surface area contributed by atoms with Crippen LogP contribution in [0.5, 0.6) is 0 Å². The molecule has 1 aliphatic rings. The minimum atomic E-state index is 0.137. The standard InChI is InChI=1S/C14H21N/c1-3-11(2)13-6-4-12(5-7-13)10-14(15)8-9-14/h4-7,11H,3,8-10,15H2,1-2H3. The normalized spacial score (nSPS) is 19.9. The predicted molar refractivity (Wildman–Crippen MR) is 65.0 cm³/mol. The number of hydrogen-bond donors (Lipinski definition) is 1. The van der Waals surface area contributed by atoms with Crippen LogP contribution >= 0.6 is 0 Å². The van der Waals surface area contributed by atoms with E-state index < -0.39 is 0 Å². The molecule has 0 aromatic heterocycles. The Bertz CT molecular complexity index is 322. The van der Waals surface area contributed by atoms with E-state index in [2.05, 4.69) is 38.1 Å². The van der Waals surface area contributed by atoms with Crippen molar-refractivity contribution < 1.29 is 0 Å². The Hall–Kier alpha value is -0.820. The first-order chi connectivity index (χ1) is 7.13.